The molecule has 1 aliphatic heterocycles. The Labute approximate surface area is 198 Å². The molecule has 0 aliphatic carbocycles. The second-order valence-corrected chi connectivity index (χ2v) is 7.34. The molecule has 0 radical (unpaired) electrons. The van der Waals surface area contributed by atoms with E-state index in [1.807, 2.05) is 61.5 Å². The van der Waals surface area contributed by atoms with Crippen LogP contribution in [0.15, 0.2) is 77.4 Å². The van der Waals surface area contributed by atoms with Crippen molar-refractivity contribution < 1.29 is 23.7 Å². The number of benzene rings is 3. The summed E-state index contributed by atoms with van der Waals surface area (Å²) in [5, 5.41) is 0. The fourth-order valence-corrected chi connectivity index (χ4v) is 3.72. The van der Waals surface area contributed by atoms with Gasteiger partial charge >= 0.3 is 0 Å². The zero-order valence-electron chi connectivity index (χ0n) is 19.6. The maximum atomic E-state index is 13.6. The molecule has 174 valence electrons. The molecule has 0 aromatic heterocycles. The van der Waals surface area contributed by atoms with Gasteiger partial charge in [0.1, 0.15) is 23.0 Å². The van der Waals surface area contributed by atoms with Gasteiger partial charge in [-0.1, -0.05) is 18.2 Å². The first-order valence-electron chi connectivity index (χ1n) is 10.8. The Morgan fingerprint density at radius 3 is 2.24 bits per heavy atom. The number of hydrogen-bond acceptors (Lipinski definition) is 6. The van der Waals surface area contributed by atoms with Gasteiger partial charge in [0.25, 0.3) is 5.91 Å². The Hall–Kier alpha value is -4.26. The summed E-state index contributed by atoms with van der Waals surface area (Å²) in [6.07, 6.45) is 1.73. The second kappa shape index (κ2) is 10.1. The molecule has 0 saturated heterocycles. The van der Waals surface area contributed by atoms with Gasteiger partial charge in [0.2, 0.25) is 0 Å². The van der Waals surface area contributed by atoms with E-state index in [9.17, 15) is 4.79 Å². The third-order valence-electron chi connectivity index (χ3n) is 5.34. The maximum absolute atomic E-state index is 13.6. The molecule has 0 atom stereocenters. The molecule has 0 spiro atoms. The lowest BCUT2D eigenvalue weighted by Gasteiger charge is -2.19. The van der Waals surface area contributed by atoms with Crippen LogP contribution in [0.5, 0.6) is 23.0 Å². The molecule has 0 fully saturated rings. The topological polar surface area (TPSA) is 69.6 Å². The van der Waals surface area contributed by atoms with Crippen molar-refractivity contribution in [1.82, 2.24) is 0 Å². The first-order valence-corrected chi connectivity index (χ1v) is 10.8. The molecule has 1 amide bonds. The van der Waals surface area contributed by atoms with Crippen molar-refractivity contribution in [3.8, 4) is 23.0 Å². The van der Waals surface area contributed by atoms with Crippen molar-refractivity contribution in [2.24, 2.45) is 4.99 Å². The predicted octanol–water partition coefficient (Wildman–Crippen LogP) is 4.95. The van der Waals surface area contributed by atoms with Crippen LogP contribution in [-0.2, 0) is 4.79 Å². The minimum absolute atomic E-state index is 0.250. The zero-order valence-corrected chi connectivity index (χ0v) is 19.6. The highest BCUT2D eigenvalue weighted by molar-refractivity contribution is 6.33. The Morgan fingerprint density at radius 2 is 1.56 bits per heavy atom. The van der Waals surface area contributed by atoms with Gasteiger partial charge in [0.15, 0.2) is 11.5 Å². The van der Waals surface area contributed by atoms with Crippen LogP contribution >= 0.6 is 0 Å². The SMILES string of the molecule is CCOc1ccc(N2C(=O)C(=Cc3ccccc3OC)N=C2c2ccc(OC)c(OC)c2)cc1. The van der Waals surface area contributed by atoms with Crippen LogP contribution in [0.2, 0.25) is 0 Å². The first kappa shape index (κ1) is 22.9. The second-order valence-electron chi connectivity index (χ2n) is 7.34. The van der Waals surface area contributed by atoms with Crippen molar-refractivity contribution >= 4 is 23.5 Å². The molecule has 7 heteroatoms. The number of rotatable bonds is 8. The Bertz CT molecular complexity index is 1250. The van der Waals surface area contributed by atoms with Crippen LogP contribution in [0.3, 0.4) is 0 Å². The molecule has 1 aliphatic rings. The Kier molecular flexibility index (Phi) is 6.82. The summed E-state index contributed by atoms with van der Waals surface area (Å²) in [5.41, 5.74) is 2.44. The quantitative estimate of drug-likeness (QED) is 0.447. The van der Waals surface area contributed by atoms with Gasteiger partial charge in [0.05, 0.1) is 33.6 Å². The lowest BCUT2D eigenvalue weighted by molar-refractivity contribution is -0.113. The average Bonchev–Trinajstić information content (AvgIpc) is 3.20. The first-order chi connectivity index (χ1) is 16.6. The summed E-state index contributed by atoms with van der Waals surface area (Å²) < 4.78 is 21.8. The van der Waals surface area contributed by atoms with E-state index >= 15 is 0 Å². The van der Waals surface area contributed by atoms with Crippen LogP contribution in [-0.4, -0.2) is 39.7 Å². The lowest BCUT2D eigenvalue weighted by atomic mass is 10.1. The molecule has 7 nitrogen and oxygen atoms in total. The number of ether oxygens (including phenoxy) is 4. The smallest absolute Gasteiger partial charge is 0.282 e. The maximum Gasteiger partial charge on any atom is 0.282 e. The van der Waals surface area contributed by atoms with Gasteiger partial charge in [-0.15, -0.1) is 0 Å². The van der Waals surface area contributed by atoms with Crippen molar-refractivity contribution in [3.05, 3.63) is 83.6 Å². The fourth-order valence-electron chi connectivity index (χ4n) is 3.72. The van der Waals surface area contributed by atoms with Gasteiger partial charge in [-0.2, -0.15) is 0 Å². The van der Waals surface area contributed by atoms with E-state index in [0.29, 0.717) is 46.6 Å². The highest BCUT2D eigenvalue weighted by atomic mass is 16.5. The molecule has 0 saturated carbocycles. The summed E-state index contributed by atoms with van der Waals surface area (Å²) in [5.74, 6) is 2.76. The number of para-hydroxylation sites is 1. The summed E-state index contributed by atoms with van der Waals surface area (Å²) in [7, 11) is 4.74. The van der Waals surface area contributed by atoms with Gasteiger partial charge in [0, 0.05) is 11.1 Å². The summed E-state index contributed by atoms with van der Waals surface area (Å²) in [6.45, 7) is 2.49. The number of carbonyl (C=O) groups is 1. The molecule has 34 heavy (non-hydrogen) atoms. The van der Waals surface area contributed by atoms with Gasteiger partial charge in [-0.05, 0) is 61.5 Å². The Balaban J connectivity index is 1.83. The average molecular weight is 459 g/mol. The van der Waals surface area contributed by atoms with E-state index in [-0.39, 0.29) is 5.91 Å². The van der Waals surface area contributed by atoms with E-state index in [1.165, 1.54) is 0 Å². The van der Waals surface area contributed by atoms with Crippen molar-refractivity contribution in [3.63, 3.8) is 0 Å². The largest absolute Gasteiger partial charge is 0.496 e. The number of amides is 1. The number of hydrogen-bond donors (Lipinski definition) is 0. The van der Waals surface area contributed by atoms with Crippen molar-refractivity contribution in [1.29, 1.82) is 0 Å². The number of aliphatic imine (C=N–C) groups is 1. The Morgan fingerprint density at radius 1 is 0.853 bits per heavy atom. The van der Waals surface area contributed by atoms with Gasteiger partial charge < -0.3 is 18.9 Å². The van der Waals surface area contributed by atoms with Gasteiger partial charge in [-0.3, -0.25) is 9.69 Å². The molecule has 0 bridgehead atoms. The summed E-state index contributed by atoms with van der Waals surface area (Å²) in [6, 6.07) is 20.3. The molecule has 3 aromatic carbocycles. The van der Waals surface area contributed by atoms with E-state index in [1.54, 1.807) is 44.4 Å². The van der Waals surface area contributed by atoms with Crippen LogP contribution in [0.4, 0.5) is 5.69 Å². The number of nitrogens with zero attached hydrogens (tertiary/aromatic N) is 2. The molecule has 3 aromatic rings. The molecule has 0 unspecified atom stereocenters. The third kappa shape index (κ3) is 4.45. The zero-order chi connectivity index (χ0) is 24.1. The molecule has 4 rings (SSSR count). The van der Waals surface area contributed by atoms with E-state index in [2.05, 4.69) is 0 Å². The highest BCUT2D eigenvalue weighted by Crippen LogP contribution is 2.34. The third-order valence-corrected chi connectivity index (χ3v) is 5.34. The van der Waals surface area contributed by atoms with E-state index < -0.39 is 0 Å². The van der Waals surface area contributed by atoms with Gasteiger partial charge in [-0.25, -0.2) is 4.99 Å². The lowest BCUT2D eigenvalue weighted by Crippen LogP contribution is -2.32. The molecular weight excluding hydrogens is 432 g/mol. The van der Waals surface area contributed by atoms with Crippen molar-refractivity contribution in [2.75, 3.05) is 32.8 Å². The number of anilines is 1. The minimum atomic E-state index is -0.250. The van der Waals surface area contributed by atoms with Crippen LogP contribution in [0.25, 0.3) is 6.08 Å². The summed E-state index contributed by atoms with van der Waals surface area (Å²) >= 11 is 0. The molecular formula is C27H26N2O5. The van der Waals surface area contributed by atoms with Crippen LogP contribution in [0.1, 0.15) is 18.1 Å². The van der Waals surface area contributed by atoms with E-state index in [0.717, 1.165) is 11.3 Å². The summed E-state index contributed by atoms with van der Waals surface area (Å²) in [4.78, 5) is 19.9. The van der Waals surface area contributed by atoms with Crippen LogP contribution < -0.4 is 23.8 Å². The fraction of sp³-hybridized carbons (Fsp3) is 0.185. The minimum Gasteiger partial charge on any atom is -0.496 e. The number of methoxy groups -OCH3 is 3. The standard InChI is InChI=1S/C27H26N2O5/c1-5-34-21-13-11-20(12-14-21)29-26(19-10-15-24(32-3)25(17-19)33-4)28-22(27(29)30)16-18-8-6-7-9-23(18)31-2/h6-17H,5H2,1-4H3. The number of carbonyl (C=O) groups excluding carboxylic acids is 1. The van der Waals surface area contributed by atoms with Crippen LogP contribution in [0, 0.1) is 0 Å². The number of amidine groups is 1. The monoisotopic (exact) mass is 458 g/mol. The highest BCUT2D eigenvalue weighted by Gasteiger charge is 2.33. The normalized spacial score (nSPS) is 14.2. The van der Waals surface area contributed by atoms with E-state index in [4.69, 9.17) is 23.9 Å². The molecule has 1 heterocycles. The van der Waals surface area contributed by atoms with Crippen molar-refractivity contribution in [2.45, 2.75) is 6.92 Å². The predicted molar refractivity (Wildman–Crippen MR) is 132 cm³/mol. The molecule has 0 N–H and O–H groups in total.